The summed E-state index contributed by atoms with van der Waals surface area (Å²) in [6.45, 7) is 7.68. The molecular weight excluding hydrogens is 254 g/mol. The number of nitrogens with one attached hydrogen (secondary N) is 1. The molecule has 1 unspecified atom stereocenters. The maximum Gasteiger partial charge on any atom is 0.133 e. The standard InChI is InChI=1S/C15H21N3O2/c1-12(2)11-19-10-7-16-14(13-5-4-9-20-13)15-17-6-8-18(15)3/h4-6,8-9,14,16H,1,7,10-11H2,2-3H3. The molecule has 2 heterocycles. The van der Waals surface area contributed by atoms with Crippen molar-refractivity contribution < 1.29 is 9.15 Å². The van der Waals surface area contributed by atoms with Gasteiger partial charge in [0.25, 0.3) is 0 Å². The molecule has 5 heteroatoms. The Bertz CT molecular complexity index is 531. The van der Waals surface area contributed by atoms with Crippen molar-refractivity contribution in [3.8, 4) is 0 Å². The Morgan fingerprint density at radius 2 is 2.45 bits per heavy atom. The lowest BCUT2D eigenvalue weighted by molar-refractivity contribution is 0.155. The van der Waals surface area contributed by atoms with E-state index < -0.39 is 0 Å². The molecule has 0 bridgehead atoms. The van der Waals surface area contributed by atoms with Crippen LogP contribution in [-0.4, -0.2) is 29.3 Å². The molecule has 108 valence electrons. The van der Waals surface area contributed by atoms with Crippen LogP contribution in [0.3, 0.4) is 0 Å². The third-order valence-corrected chi connectivity index (χ3v) is 2.89. The highest BCUT2D eigenvalue weighted by atomic mass is 16.5. The van der Waals surface area contributed by atoms with Crippen LogP contribution in [0.5, 0.6) is 0 Å². The molecule has 1 N–H and O–H groups in total. The molecule has 2 rings (SSSR count). The fourth-order valence-corrected chi connectivity index (χ4v) is 1.95. The van der Waals surface area contributed by atoms with Crippen molar-refractivity contribution in [1.29, 1.82) is 0 Å². The Morgan fingerprint density at radius 3 is 3.05 bits per heavy atom. The minimum absolute atomic E-state index is 0.0709. The van der Waals surface area contributed by atoms with Gasteiger partial charge in [-0.05, 0) is 19.1 Å². The Morgan fingerprint density at radius 1 is 1.60 bits per heavy atom. The Kier molecular flexibility index (Phi) is 5.15. The molecule has 0 saturated carbocycles. The van der Waals surface area contributed by atoms with E-state index >= 15 is 0 Å². The van der Waals surface area contributed by atoms with Gasteiger partial charge in [-0.15, -0.1) is 0 Å². The van der Waals surface area contributed by atoms with Crippen LogP contribution < -0.4 is 5.32 Å². The number of nitrogens with zero attached hydrogens (tertiary/aromatic N) is 2. The number of rotatable bonds is 8. The van der Waals surface area contributed by atoms with Crippen molar-refractivity contribution in [2.24, 2.45) is 7.05 Å². The normalized spacial score (nSPS) is 12.5. The van der Waals surface area contributed by atoms with E-state index in [1.807, 2.05) is 36.9 Å². The van der Waals surface area contributed by atoms with Crippen LogP contribution >= 0.6 is 0 Å². The highest BCUT2D eigenvalue weighted by molar-refractivity contribution is 5.15. The fraction of sp³-hybridized carbons (Fsp3) is 0.400. The maximum atomic E-state index is 5.50. The molecule has 0 fully saturated rings. The van der Waals surface area contributed by atoms with Crippen molar-refractivity contribution in [1.82, 2.24) is 14.9 Å². The van der Waals surface area contributed by atoms with E-state index in [2.05, 4.69) is 16.9 Å². The van der Waals surface area contributed by atoms with E-state index in [4.69, 9.17) is 9.15 Å². The molecule has 2 aromatic heterocycles. The zero-order valence-electron chi connectivity index (χ0n) is 12.0. The quantitative estimate of drug-likeness (QED) is 0.593. The smallest absolute Gasteiger partial charge is 0.133 e. The summed E-state index contributed by atoms with van der Waals surface area (Å²) in [6.07, 6.45) is 5.37. The molecule has 0 aliphatic heterocycles. The summed E-state index contributed by atoms with van der Waals surface area (Å²) >= 11 is 0. The average Bonchev–Trinajstić information content (AvgIpc) is 3.05. The topological polar surface area (TPSA) is 52.2 Å². The van der Waals surface area contributed by atoms with Gasteiger partial charge in [-0.1, -0.05) is 12.2 Å². The molecule has 0 aliphatic rings. The van der Waals surface area contributed by atoms with E-state index in [1.54, 1.807) is 12.5 Å². The SMILES string of the molecule is C=C(C)COCCNC(c1ccco1)c1nccn1C. The Labute approximate surface area is 119 Å². The number of furan rings is 1. The monoisotopic (exact) mass is 275 g/mol. The van der Waals surface area contributed by atoms with Gasteiger partial charge in [0.1, 0.15) is 17.6 Å². The van der Waals surface area contributed by atoms with E-state index in [9.17, 15) is 0 Å². The third-order valence-electron chi connectivity index (χ3n) is 2.89. The second kappa shape index (κ2) is 7.07. The lowest BCUT2D eigenvalue weighted by Gasteiger charge is -2.16. The number of hydrogen-bond donors (Lipinski definition) is 1. The molecule has 1 atom stereocenters. The van der Waals surface area contributed by atoms with Gasteiger partial charge < -0.3 is 13.7 Å². The number of hydrogen-bond acceptors (Lipinski definition) is 4. The van der Waals surface area contributed by atoms with Crippen LogP contribution in [0.25, 0.3) is 0 Å². The zero-order valence-corrected chi connectivity index (χ0v) is 12.0. The van der Waals surface area contributed by atoms with Crippen LogP contribution in [-0.2, 0) is 11.8 Å². The molecule has 0 aromatic carbocycles. The van der Waals surface area contributed by atoms with E-state index in [0.29, 0.717) is 19.8 Å². The van der Waals surface area contributed by atoms with Crippen LogP contribution in [0.2, 0.25) is 0 Å². The molecule has 20 heavy (non-hydrogen) atoms. The van der Waals surface area contributed by atoms with E-state index in [-0.39, 0.29) is 6.04 Å². The number of imidazole rings is 1. The summed E-state index contributed by atoms with van der Waals surface area (Å²) in [6, 6.07) is 3.75. The average molecular weight is 275 g/mol. The summed E-state index contributed by atoms with van der Waals surface area (Å²) in [5.41, 5.74) is 1.02. The molecule has 0 aliphatic carbocycles. The highest BCUT2D eigenvalue weighted by Crippen LogP contribution is 2.20. The van der Waals surface area contributed by atoms with Crippen molar-refractivity contribution >= 4 is 0 Å². The van der Waals surface area contributed by atoms with Gasteiger partial charge >= 0.3 is 0 Å². The molecule has 0 saturated heterocycles. The maximum absolute atomic E-state index is 5.50. The van der Waals surface area contributed by atoms with Crippen LogP contribution in [0.1, 0.15) is 24.6 Å². The Hall–Kier alpha value is -1.85. The van der Waals surface area contributed by atoms with E-state index in [0.717, 1.165) is 17.2 Å². The minimum Gasteiger partial charge on any atom is -0.467 e. The van der Waals surface area contributed by atoms with Crippen molar-refractivity contribution in [2.45, 2.75) is 13.0 Å². The predicted octanol–water partition coefficient (Wildman–Crippen LogP) is 2.28. The van der Waals surface area contributed by atoms with Crippen LogP contribution in [0.4, 0.5) is 0 Å². The van der Waals surface area contributed by atoms with Gasteiger partial charge in [0.05, 0.1) is 19.5 Å². The molecule has 0 radical (unpaired) electrons. The summed E-state index contributed by atoms with van der Waals surface area (Å²) < 4.78 is 13.0. The Balaban J connectivity index is 1.95. The summed E-state index contributed by atoms with van der Waals surface area (Å²) in [5, 5.41) is 3.41. The highest BCUT2D eigenvalue weighted by Gasteiger charge is 2.19. The number of aryl methyl sites for hydroxylation is 1. The van der Waals surface area contributed by atoms with Crippen molar-refractivity contribution in [2.75, 3.05) is 19.8 Å². The van der Waals surface area contributed by atoms with Crippen LogP contribution in [0, 0.1) is 0 Å². The van der Waals surface area contributed by atoms with Gasteiger partial charge in [-0.2, -0.15) is 0 Å². The second-order valence-corrected chi connectivity index (χ2v) is 4.81. The second-order valence-electron chi connectivity index (χ2n) is 4.81. The molecule has 0 spiro atoms. The third kappa shape index (κ3) is 3.82. The van der Waals surface area contributed by atoms with Gasteiger partial charge in [-0.3, -0.25) is 5.32 Å². The van der Waals surface area contributed by atoms with Gasteiger partial charge in [0.2, 0.25) is 0 Å². The van der Waals surface area contributed by atoms with Gasteiger partial charge in [0, 0.05) is 26.0 Å². The molecule has 0 amide bonds. The molecule has 5 nitrogen and oxygen atoms in total. The van der Waals surface area contributed by atoms with Crippen LogP contribution in [0.15, 0.2) is 47.4 Å². The van der Waals surface area contributed by atoms with Crippen molar-refractivity contribution in [3.63, 3.8) is 0 Å². The number of ether oxygens (including phenoxy) is 1. The van der Waals surface area contributed by atoms with Crippen molar-refractivity contribution in [3.05, 3.63) is 54.5 Å². The fourth-order valence-electron chi connectivity index (χ4n) is 1.95. The lowest BCUT2D eigenvalue weighted by atomic mass is 10.2. The summed E-state index contributed by atoms with van der Waals surface area (Å²) in [5.74, 6) is 1.76. The first-order valence-corrected chi connectivity index (χ1v) is 6.64. The van der Waals surface area contributed by atoms with Gasteiger partial charge in [-0.25, -0.2) is 4.98 Å². The van der Waals surface area contributed by atoms with Gasteiger partial charge in [0.15, 0.2) is 0 Å². The molecular formula is C15H21N3O2. The predicted molar refractivity (Wildman–Crippen MR) is 77.4 cm³/mol. The first-order valence-electron chi connectivity index (χ1n) is 6.64. The first kappa shape index (κ1) is 14.6. The summed E-state index contributed by atoms with van der Waals surface area (Å²) in [7, 11) is 1.97. The lowest BCUT2D eigenvalue weighted by Crippen LogP contribution is -2.28. The molecule has 2 aromatic rings. The largest absolute Gasteiger partial charge is 0.467 e. The number of aromatic nitrogens is 2. The zero-order chi connectivity index (χ0) is 14.4. The summed E-state index contributed by atoms with van der Waals surface area (Å²) in [4.78, 5) is 4.38. The first-order chi connectivity index (χ1) is 9.68. The minimum atomic E-state index is -0.0709. The van der Waals surface area contributed by atoms with E-state index in [1.165, 1.54) is 0 Å².